The Hall–Kier alpha value is 3.75. The maximum Gasteiger partial charge on any atom is 1.00 e. The van der Waals surface area contributed by atoms with E-state index in [2.05, 4.69) is 4.31 Å². The molecule has 0 heterocycles. The van der Waals surface area contributed by atoms with Crippen molar-refractivity contribution in [2.75, 3.05) is 0 Å². The Kier molecular flexibility index (Phi) is 43.0. The van der Waals surface area contributed by atoms with Gasteiger partial charge in [0.2, 0.25) is 0 Å². The van der Waals surface area contributed by atoms with E-state index in [-0.39, 0.29) is 118 Å². The molecule has 14 heteroatoms. The molecule has 0 aliphatic carbocycles. The Bertz CT molecular complexity index is 236. The molecule has 16 heavy (non-hydrogen) atoms. The first-order valence-electron chi connectivity index (χ1n) is 2.18. The minimum atomic E-state index is -5.68. The van der Waals surface area contributed by atoms with Gasteiger partial charge in [0.05, 0.1) is 21.7 Å². The van der Waals surface area contributed by atoms with E-state index in [0.717, 1.165) is 0 Å². The molecule has 0 aromatic heterocycles. The van der Waals surface area contributed by atoms with Crippen LogP contribution in [0.15, 0.2) is 0 Å². The second-order valence-electron chi connectivity index (χ2n) is 1.20. The molecule has 0 aliphatic heterocycles. The summed E-state index contributed by atoms with van der Waals surface area (Å²) in [5, 5.41) is 7.32. The summed E-state index contributed by atoms with van der Waals surface area (Å²) in [6.07, 6.45) is 0. The van der Waals surface area contributed by atoms with E-state index in [9.17, 15) is 28.7 Å². The number of hydrogen-bond donors (Lipinski definition) is 0. The van der Waals surface area contributed by atoms with Crippen LogP contribution in [0.5, 0.6) is 0 Å². The Labute approximate surface area is 182 Å². The fourth-order valence-electron chi connectivity index (χ4n) is 0.122. The van der Waals surface area contributed by atoms with E-state index in [0.29, 0.717) is 0 Å². The van der Waals surface area contributed by atoms with Crippen LogP contribution in [0.1, 0.15) is 6.92 Å². The van der Waals surface area contributed by atoms with Crippen molar-refractivity contribution in [3.05, 3.63) is 0 Å². The van der Waals surface area contributed by atoms with Crippen molar-refractivity contribution in [1.29, 1.82) is 5.26 Å². The van der Waals surface area contributed by atoms with Gasteiger partial charge in [0.1, 0.15) is 0 Å². The van der Waals surface area contributed by atoms with Crippen LogP contribution >= 0.6 is 15.6 Å². The summed E-state index contributed by atoms with van der Waals surface area (Å²) in [6, 6.07) is 1.75. The van der Waals surface area contributed by atoms with Gasteiger partial charge in [-0.25, -0.2) is 0 Å². The monoisotopic (exact) mass is 307 g/mol. The molecule has 0 fully saturated rings. The molecule has 0 N–H and O–H groups in total. The van der Waals surface area contributed by atoms with Gasteiger partial charge in [-0.15, -0.1) is 0 Å². The average molecular weight is 307 g/mol. The van der Waals surface area contributed by atoms with Gasteiger partial charge in [-0.3, -0.25) is 0 Å². The number of hydrogen-bond acceptors (Lipinski definition) is 8. The van der Waals surface area contributed by atoms with Crippen LogP contribution in [0.25, 0.3) is 0 Å². The summed E-state index contributed by atoms with van der Waals surface area (Å²) in [5.41, 5.74) is 0. The van der Waals surface area contributed by atoms with Crippen LogP contribution in [-0.4, -0.2) is 0 Å². The van der Waals surface area contributed by atoms with E-state index < -0.39 is 15.6 Å². The molecular weight excluding hydrogens is 304 g/mol. The van der Waals surface area contributed by atoms with Crippen LogP contribution in [-0.2, 0) is 13.4 Å². The zero-order valence-corrected chi connectivity index (χ0v) is 19.5. The third kappa shape index (κ3) is 52.4. The summed E-state index contributed by atoms with van der Waals surface area (Å²) < 4.78 is 21.2. The fourth-order valence-corrected chi connectivity index (χ4v) is 1.10. The molecule has 8 nitrogen and oxygen atoms in total. The number of phosphoric acid groups is 2. The van der Waals surface area contributed by atoms with Crippen molar-refractivity contribution < 1.29 is 151 Å². The van der Waals surface area contributed by atoms with Gasteiger partial charge in [-0.05, 0) is 0 Å². The second-order valence-corrected chi connectivity index (χ2v) is 3.64. The van der Waals surface area contributed by atoms with Gasteiger partial charge in [0.25, 0.3) is 0 Å². The Morgan fingerprint density at radius 1 is 0.938 bits per heavy atom. The molecule has 0 bridgehead atoms. The van der Waals surface area contributed by atoms with E-state index in [4.69, 9.17) is 5.26 Å². The van der Waals surface area contributed by atoms with Gasteiger partial charge >= 0.3 is 118 Å². The summed E-state index contributed by atoms with van der Waals surface area (Å²) in [7, 11) is -11.4. The van der Waals surface area contributed by atoms with E-state index in [1.807, 2.05) is 0 Å². The maximum absolute atomic E-state index is 9.32. The predicted octanol–water partition coefficient (Wildman–Crippen LogP) is -14.8. The van der Waals surface area contributed by atoms with Crippen molar-refractivity contribution in [1.82, 2.24) is 0 Å². The zero-order chi connectivity index (χ0) is 10.4. The Balaban J connectivity index is -0.0000000324. The van der Waals surface area contributed by atoms with E-state index in [1.165, 1.54) is 6.92 Å². The molecule has 0 aromatic rings. The van der Waals surface area contributed by atoms with Crippen LogP contribution < -0.4 is 138 Å². The van der Waals surface area contributed by atoms with Crippen molar-refractivity contribution in [2.24, 2.45) is 0 Å². The quantitative estimate of drug-likeness (QED) is 0.359. The molecule has 0 unspecified atom stereocenters. The molecule has 0 aliphatic rings. The Morgan fingerprint density at radius 3 is 1.06 bits per heavy atom. The second kappa shape index (κ2) is 18.8. The topological polar surface area (TPSA) is 159 Å². The molecule has 0 saturated carbocycles. The van der Waals surface area contributed by atoms with Crippen molar-refractivity contribution >= 4 is 15.6 Å². The SMILES string of the molecule is CC#N.O=P([O-])([O-])OP(=O)([O-])[O-].[Na+].[Na+].[Na+].[Na+]. The minimum absolute atomic E-state index is 0. The standard InChI is InChI=1S/C2H3N.4Na.H4O7P2/c1-2-3;;;;;1-8(2,3)7-9(4,5)6/h1H3;;;;;(H2,1,2,3)(H2,4,5,6)/q;4*+1;/p-4. The molecule has 0 atom stereocenters. The van der Waals surface area contributed by atoms with Gasteiger partial charge in [-0.2, -0.15) is 5.26 Å². The van der Waals surface area contributed by atoms with Crippen LogP contribution in [0.3, 0.4) is 0 Å². The first-order chi connectivity index (χ1) is 5.12. The van der Waals surface area contributed by atoms with Crippen LogP contribution in [0.2, 0.25) is 0 Å². The number of nitrogens with zero attached hydrogens (tertiary/aromatic N) is 1. The average Bonchev–Trinajstić information content (AvgIpc) is 1.53. The molecule has 0 radical (unpaired) electrons. The first kappa shape index (κ1) is 36.7. The van der Waals surface area contributed by atoms with E-state index >= 15 is 0 Å². The van der Waals surface area contributed by atoms with Crippen molar-refractivity contribution in [3.8, 4) is 6.07 Å². The number of nitriles is 1. The normalized spacial score (nSPS) is 8.25. The molecule has 0 aromatic carbocycles. The van der Waals surface area contributed by atoms with Gasteiger partial charge in [-0.1, -0.05) is 0 Å². The van der Waals surface area contributed by atoms with Gasteiger partial charge < -0.3 is 33.0 Å². The fraction of sp³-hybridized carbons (Fsp3) is 0.500. The van der Waals surface area contributed by atoms with Gasteiger partial charge in [0, 0.05) is 6.92 Å². The molecule has 0 rings (SSSR count). The Morgan fingerprint density at radius 2 is 1.06 bits per heavy atom. The molecule has 0 saturated heterocycles. The summed E-state index contributed by atoms with van der Waals surface area (Å²) >= 11 is 0. The van der Waals surface area contributed by atoms with E-state index in [1.54, 1.807) is 6.07 Å². The maximum atomic E-state index is 9.32. The third-order valence-corrected chi connectivity index (χ3v) is 1.80. The molecule has 0 amide bonds. The smallest absolute Gasteiger partial charge is 0.790 e. The summed E-state index contributed by atoms with van der Waals surface area (Å²) in [4.78, 5) is 37.3. The third-order valence-electron chi connectivity index (χ3n) is 0.200. The minimum Gasteiger partial charge on any atom is -0.790 e. The summed E-state index contributed by atoms with van der Waals surface area (Å²) in [6.45, 7) is 1.43. The predicted molar refractivity (Wildman–Crippen MR) is 27.6 cm³/mol. The van der Waals surface area contributed by atoms with Crippen LogP contribution in [0.4, 0.5) is 0 Å². The largest absolute Gasteiger partial charge is 1.00 e. The molecule has 72 valence electrons. The summed E-state index contributed by atoms with van der Waals surface area (Å²) in [5.74, 6) is 0. The number of rotatable bonds is 2. The van der Waals surface area contributed by atoms with Gasteiger partial charge in [0.15, 0.2) is 0 Å². The first-order valence-corrected chi connectivity index (χ1v) is 5.11. The zero-order valence-electron chi connectivity index (χ0n) is 9.70. The van der Waals surface area contributed by atoms with Crippen molar-refractivity contribution in [3.63, 3.8) is 0 Å². The molecular formula is C2H3NNa4O7P2. The molecule has 0 spiro atoms. The van der Waals surface area contributed by atoms with Crippen LogP contribution in [0, 0.1) is 11.3 Å². The van der Waals surface area contributed by atoms with Crippen molar-refractivity contribution in [2.45, 2.75) is 6.92 Å².